The van der Waals surface area contributed by atoms with Crippen LogP contribution in [0.3, 0.4) is 0 Å². The van der Waals surface area contributed by atoms with E-state index in [0.29, 0.717) is 12.8 Å². The fraction of sp³-hybridized carbons (Fsp3) is 0.933. The Hall–Kier alpha value is -0.610. The zero-order valence-corrected chi connectivity index (χ0v) is 11.9. The lowest BCUT2D eigenvalue weighted by Crippen LogP contribution is -2.42. The Morgan fingerprint density at radius 3 is 1.68 bits per heavy atom. The van der Waals surface area contributed by atoms with Crippen molar-refractivity contribution in [1.29, 1.82) is 0 Å². The van der Waals surface area contributed by atoms with Gasteiger partial charge in [-0.3, -0.25) is 0 Å². The maximum atomic E-state index is 11.6. The number of rotatable bonds is 4. The number of aliphatic carboxylic acids is 1. The third-order valence-corrected chi connectivity index (χ3v) is 4.02. The van der Waals surface area contributed by atoms with Gasteiger partial charge in [0.15, 0.2) is 5.60 Å². The molecule has 0 bridgehead atoms. The van der Waals surface area contributed by atoms with Gasteiger partial charge >= 0.3 is 5.97 Å². The van der Waals surface area contributed by atoms with E-state index in [4.69, 9.17) is 9.84 Å². The number of carbonyl (C=O) groups is 1. The molecule has 0 aromatic heterocycles. The Morgan fingerprint density at radius 2 is 1.32 bits per heavy atom. The summed E-state index contributed by atoms with van der Waals surface area (Å²) in [5, 5.41) is 18.4. The highest BCUT2D eigenvalue weighted by Gasteiger charge is 2.38. The van der Waals surface area contributed by atoms with Crippen LogP contribution in [0.1, 0.15) is 70.6 Å². The summed E-state index contributed by atoms with van der Waals surface area (Å²) < 4.78 is 5.54. The molecule has 0 atom stereocenters. The zero-order chi connectivity index (χ0) is 14.0. The van der Waals surface area contributed by atoms with Crippen LogP contribution in [0.5, 0.6) is 0 Å². The number of carboxylic acid groups (broad SMARTS) is 1. The monoisotopic (exact) mass is 272 g/mol. The fourth-order valence-corrected chi connectivity index (χ4v) is 2.84. The minimum atomic E-state index is -1.07. The molecule has 0 heterocycles. The van der Waals surface area contributed by atoms with Gasteiger partial charge in [0, 0.05) is 0 Å². The van der Waals surface area contributed by atoms with E-state index in [2.05, 4.69) is 0 Å². The molecule has 1 aliphatic carbocycles. The highest BCUT2D eigenvalue weighted by molar-refractivity contribution is 5.77. The van der Waals surface area contributed by atoms with Gasteiger partial charge in [0.2, 0.25) is 0 Å². The summed E-state index contributed by atoms with van der Waals surface area (Å²) in [5.74, 6) is -0.863. The Labute approximate surface area is 116 Å². The van der Waals surface area contributed by atoms with Crippen molar-refractivity contribution in [3.05, 3.63) is 0 Å². The molecule has 0 saturated heterocycles. The van der Waals surface area contributed by atoms with Gasteiger partial charge < -0.3 is 14.9 Å². The van der Waals surface area contributed by atoms with Gasteiger partial charge in [0.05, 0.1) is 13.2 Å². The van der Waals surface area contributed by atoms with E-state index in [0.717, 1.165) is 25.7 Å². The summed E-state index contributed by atoms with van der Waals surface area (Å²) in [6.07, 6.45) is 11.3. The van der Waals surface area contributed by atoms with Gasteiger partial charge in [-0.25, -0.2) is 4.79 Å². The van der Waals surface area contributed by atoms with Gasteiger partial charge in [-0.15, -0.1) is 0 Å². The second-order valence-corrected chi connectivity index (χ2v) is 5.55. The molecule has 4 nitrogen and oxygen atoms in total. The molecule has 0 aliphatic heterocycles. The topological polar surface area (TPSA) is 66.8 Å². The Balaban J connectivity index is 2.61. The average Bonchev–Trinajstić information content (AvgIpc) is 2.38. The number of aliphatic hydroxyl groups is 1. The molecule has 4 heteroatoms. The number of carboxylic acids is 1. The Bertz CT molecular complexity index is 241. The molecule has 1 fully saturated rings. The SMILES string of the molecule is O=C(O)C1(OCCO)CCCCCCCCCCC1. The molecular formula is C15H28O4. The molecule has 1 aliphatic rings. The van der Waals surface area contributed by atoms with Gasteiger partial charge in [0.1, 0.15) is 0 Å². The first-order chi connectivity index (χ1) is 9.21. The third kappa shape index (κ3) is 5.91. The largest absolute Gasteiger partial charge is 0.479 e. The molecule has 0 radical (unpaired) electrons. The van der Waals surface area contributed by atoms with E-state index < -0.39 is 11.6 Å². The minimum Gasteiger partial charge on any atom is -0.479 e. The number of hydrogen-bond donors (Lipinski definition) is 2. The minimum absolute atomic E-state index is 0.116. The van der Waals surface area contributed by atoms with E-state index >= 15 is 0 Å². The second kappa shape index (κ2) is 9.32. The first kappa shape index (κ1) is 16.4. The fourth-order valence-electron chi connectivity index (χ4n) is 2.84. The van der Waals surface area contributed by atoms with Crippen LogP contribution in [0.15, 0.2) is 0 Å². The van der Waals surface area contributed by atoms with Crippen molar-refractivity contribution in [2.45, 2.75) is 76.2 Å². The van der Waals surface area contributed by atoms with Crippen molar-refractivity contribution in [2.75, 3.05) is 13.2 Å². The maximum Gasteiger partial charge on any atom is 0.335 e. The van der Waals surface area contributed by atoms with E-state index in [-0.39, 0.29) is 13.2 Å². The zero-order valence-electron chi connectivity index (χ0n) is 11.9. The summed E-state index contributed by atoms with van der Waals surface area (Å²) in [7, 11) is 0. The van der Waals surface area contributed by atoms with E-state index in [1.165, 1.54) is 32.1 Å². The molecule has 0 amide bonds. The van der Waals surface area contributed by atoms with Crippen LogP contribution in [-0.4, -0.2) is 35.0 Å². The Morgan fingerprint density at radius 1 is 0.895 bits per heavy atom. The van der Waals surface area contributed by atoms with Crippen molar-refractivity contribution >= 4 is 5.97 Å². The third-order valence-electron chi connectivity index (χ3n) is 4.02. The summed E-state index contributed by atoms with van der Waals surface area (Å²) in [6.45, 7) is 0.00132. The lowest BCUT2D eigenvalue weighted by molar-refractivity contribution is -0.170. The summed E-state index contributed by atoms with van der Waals surface area (Å²) in [5.41, 5.74) is -1.07. The van der Waals surface area contributed by atoms with E-state index in [1.807, 2.05) is 0 Å². The molecule has 0 aromatic carbocycles. The van der Waals surface area contributed by atoms with Crippen LogP contribution < -0.4 is 0 Å². The van der Waals surface area contributed by atoms with Gasteiger partial charge in [-0.1, -0.05) is 44.9 Å². The van der Waals surface area contributed by atoms with Crippen LogP contribution in [0.25, 0.3) is 0 Å². The first-order valence-electron chi connectivity index (χ1n) is 7.69. The number of ether oxygens (including phenoxy) is 1. The van der Waals surface area contributed by atoms with Crippen LogP contribution in [0.2, 0.25) is 0 Å². The normalized spacial score (nSPS) is 22.2. The quantitative estimate of drug-likeness (QED) is 0.825. The first-order valence-corrected chi connectivity index (χ1v) is 7.69. The summed E-state index contributed by atoms with van der Waals surface area (Å²) >= 11 is 0. The molecule has 2 N–H and O–H groups in total. The van der Waals surface area contributed by atoms with Crippen molar-refractivity contribution in [3.8, 4) is 0 Å². The van der Waals surface area contributed by atoms with E-state index in [9.17, 15) is 9.90 Å². The van der Waals surface area contributed by atoms with Gasteiger partial charge in [0.25, 0.3) is 0 Å². The smallest absolute Gasteiger partial charge is 0.335 e. The average molecular weight is 272 g/mol. The molecule has 1 rings (SSSR count). The molecule has 0 unspecified atom stereocenters. The number of aliphatic hydroxyl groups excluding tert-OH is 1. The predicted molar refractivity (Wildman–Crippen MR) is 74.2 cm³/mol. The van der Waals surface area contributed by atoms with Gasteiger partial charge in [-0.05, 0) is 25.7 Å². The second-order valence-electron chi connectivity index (χ2n) is 5.55. The van der Waals surface area contributed by atoms with Crippen molar-refractivity contribution in [1.82, 2.24) is 0 Å². The Kier molecular flexibility index (Phi) is 8.07. The van der Waals surface area contributed by atoms with Crippen molar-refractivity contribution < 1.29 is 19.7 Å². The molecular weight excluding hydrogens is 244 g/mol. The summed E-state index contributed by atoms with van der Waals surface area (Å²) in [6, 6.07) is 0. The predicted octanol–water partition coefficient (Wildman–Crippen LogP) is 3.12. The molecule has 0 aromatic rings. The van der Waals surface area contributed by atoms with E-state index in [1.54, 1.807) is 0 Å². The van der Waals surface area contributed by atoms with Crippen LogP contribution in [0.4, 0.5) is 0 Å². The lowest BCUT2D eigenvalue weighted by atomic mass is 9.88. The van der Waals surface area contributed by atoms with Gasteiger partial charge in [-0.2, -0.15) is 0 Å². The molecule has 112 valence electrons. The highest BCUT2D eigenvalue weighted by Crippen LogP contribution is 2.28. The molecule has 1 saturated carbocycles. The summed E-state index contributed by atoms with van der Waals surface area (Å²) in [4.78, 5) is 11.6. The standard InChI is InChI=1S/C15H28O4/c16-12-13-19-15(14(17)18)10-8-6-4-2-1-3-5-7-9-11-15/h16H,1-13H2,(H,17,18). The highest BCUT2D eigenvalue weighted by atomic mass is 16.5. The van der Waals surface area contributed by atoms with Crippen LogP contribution in [-0.2, 0) is 9.53 Å². The van der Waals surface area contributed by atoms with Crippen LogP contribution >= 0.6 is 0 Å². The molecule has 0 spiro atoms. The van der Waals surface area contributed by atoms with Crippen molar-refractivity contribution in [2.24, 2.45) is 0 Å². The van der Waals surface area contributed by atoms with Crippen LogP contribution in [0, 0.1) is 0 Å². The number of hydrogen-bond acceptors (Lipinski definition) is 3. The van der Waals surface area contributed by atoms with Crippen molar-refractivity contribution in [3.63, 3.8) is 0 Å². The lowest BCUT2D eigenvalue weighted by Gasteiger charge is -2.30. The molecule has 19 heavy (non-hydrogen) atoms. The maximum absolute atomic E-state index is 11.6.